The van der Waals surface area contributed by atoms with Gasteiger partial charge in [-0.2, -0.15) is 0 Å². The molecule has 1 aliphatic rings. The summed E-state index contributed by atoms with van der Waals surface area (Å²) in [5.41, 5.74) is 0. The lowest BCUT2D eigenvalue weighted by Gasteiger charge is -2.39. The van der Waals surface area contributed by atoms with Crippen LogP contribution < -0.4 is 5.32 Å². The number of carbonyl (C=O) groups excluding carboxylic acids is 1. The van der Waals surface area contributed by atoms with Crippen LogP contribution >= 0.6 is 0 Å². The van der Waals surface area contributed by atoms with E-state index in [1.54, 1.807) is 12.1 Å². The van der Waals surface area contributed by atoms with Crippen LogP contribution in [0.4, 0.5) is 0 Å². The molecule has 2 heterocycles. The Morgan fingerprint density at radius 2 is 1.91 bits per heavy atom. The zero-order valence-electron chi connectivity index (χ0n) is 12.6. The van der Waals surface area contributed by atoms with Crippen molar-refractivity contribution in [2.45, 2.75) is 50.8 Å². The van der Waals surface area contributed by atoms with Gasteiger partial charge in [-0.3, -0.25) is 4.79 Å². The number of furan rings is 1. The molecule has 1 fully saturated rings. The highest BCUT2D eigenvalue weighted by atomic mass is 16.7. The van der Waals surface area contributed by atoms with Gasteiger partial charge < -0.3 is 39.6 Å². The number of amides is 1. The van der Waals surface area contributed by atoms with Gasteiger partial charge >= 0.3 is 0 Å². The van der Waals surface area contributed by atoms with Gasteiger partial charge in [-0.1, -0.05) is 0 Å². The van der Waals surface area contributed by atoms with Crippen molar-refractivity contribution >= 4 is 5.91 Å². The Hall–Kier alpha value is -1.49. The summed E-state index contributed by atoms with van der Waals surface area (Å²) < 4.78 is 16.0. The van der Waals surface area contributed by atoms with Crippen LogP contribution in [0.5, 0.6) is 0 Å². The number of hydrogen-bond donors (Lipinski definition) is 5. The SMILES string of the molecule is CC(=O)NCc1ccc(CO[C@@H]2O[C@H](CO)[C@@H](O)[C@H](O)[C@H]2O)o1. The molecule has 9 nitrogen and oxygen atoms in total. The van der Waals surface area contributed by atoms with E-state index < -0.39 is 37.3 Å². The standard InChI is InChI=1S/C14H21NO8/c1-7(17)15-4-8-2-3-9(22-8)6-21-14-13(20)12(19)11(18)10(5-16)23-14/h2-3,10-14,16,18-20H,4-6H2,1H3,(H,15,17)/t10-,11-,12+,13-,14-/m1/s1. The molecule has 2 rings (SSSR count). The van der Waals surface area contributed by atoms with E-state index in [1.807, 2.05) is 0 Å². The van der Waals surface area contributed by atoms with Gasteiger partial charge in [0.2, 0.25) is 5.91 Å². The molecule has 1 aromatic heterocycles. The first-order valence-corrected chi connectivity index (χ1v) is 7.16. The summed E-state index contributed by atoms with van der Waals surface area (Å²) in [6.45, 7) is 1.07. The smallest absolute Gasteiger partial charge is 0.217 e. The number of nitrogens with one attached hydrogen (secondary N) is 1. The van der Waals surface area contributed by atoms with Gasteiger partial charge in [-0.15, -0.1) is 0 Å². The van der Waals surface area contributed by atoms with E-state index >= 15 is 0 Å². The molecule has 0 bridgehead atoms. The maximum Gasteiger partial charge on any atom is 0.217 e. The second-order valence-corrected chi connectivity index (χ2v) is 5.29. The maximum atomic E-state index is 10.8. The quantitative estimate of drug-likeness (QED) is 0.412. The lowest BCUT2D eigenvalue weighted by Crippen LogP contribution is -2.59. The van der Waals surface area contributed by atoms with Crippen LogP contribution in [0.3, 0.4) is 0 Å². The van der Waals surface area contributed by atoms with Gasteiger partial charge in [0.15, 0.2) is 6.29 Å². The van der Waals surface area contributed by atoms with E-state index in [9.17, 15) is 20.1 Å². The van der Waals surface area contributed by atoms with Crippen LogP contribution in [-0.2, 0) is 27.4 Å². The van der Waals surface area contributed by atoms with E-state index in [4.69, 9.17) is 19.0 Å². The summed E-state index contributed by atoms with van der Waals surface area (Å²) in [5.74, 6) is 0.787. The summed E-state index contributed by atoms with van der Waals surface area (Å²) in [4.78, 5) is 10.8. The second-order valence-electron chi connectivity index (χ2n) is 5.29. The highest BCUT2D eigenvalue weighted by molar-refractivity contribution is 5.72. The summed E-state index contributed by atoms with van der Waals surface area (Å²) >= 11 is 0. The van der Waals surface area contributed by atoms with Crippen LogP contribution in [0.1, 0.15) is 18.4 Å². The fourth-order valence-corrected chi connectivity index (χ4v) is 2.18. The van der Waals surface area contributed by atoms with E-state index in [0.717, 1.165) is 0 Å². The monoisotopic (exact) mass is 331 g/mol. The van der Waals surface area contributed by atoms with Gasteiger partial charge in [0.05, 0.1) is 13.2 Å². The van der Waals surface area contributed by atoms with Crippen molar-refractivity contribution in [1.29, 1.82) is 0 Å². The van der Waals surface area contributed by atoms with Crippen LogP contribution in [0.2, 0.25) is 0 Å². The molecule has 0 aromatic carbocycles. The Bertz CT molecular complexity index is 517. The van der Waals surface area contributed by atoms with Crippen molar-refractivity contribution in [3.8, 4) is 0 Å². The molecule has 0 unspecified atom stereocenters. The van der Waals surface area contributed by atoms with Gasteiger partial charge in [0, 0.05) is 6.92 Å². The third kappa shape index (κ3) is 4.50. The van der Waals surface area contributed by atoms with E-state index in [1.165, 1.54) is 6.92 Å². The topological polar surface area (TPSA) is 142 Å². The second kappa shape index (κ2) is 7.86. The van der Waals surface area contributed by atoms with Crippen LogP contribution in [-0.4, -0.2) is 63.6 Å². The van der Waals surface area contributed by atoms with Crippen molar-refractivity contribution in [2.24, 2.45) is 0 Å². The van der Waals surface area contributed by atoms with Crippen molar-refractivity contribution < 1.29 is 39.1 Å². The Kier molecular flexibility index (Phi) is 6.10. The van der Waals surface area contributed by atoms with Crippen molar-refractivity contribution in [3.63, 3.8) is 0 Å². The minimum Gasteiger partial charge on any atom is -0.462 e. The molecule has 1 saturated heterocycles. The average Bonchev–Trinajstić information content (AvgIpc) is 2.98. The van der Waals surface area contributed by atoms with Crippen LogP contribution in [0, 0.1) is 0 Å². The van der Waals surface area contributed by atoms with E-state index in [-0.39, 0.29) is 19.1 Å². The highest BCUT2D eigenvalue weighted by Crippen LogP contribution is 2.23. The molecule has 9 heteroatoms. The predicted molar refractivity (Wildman–Crippen MR) is 74.8 cm³/mol. The summed E-state index contributed by atoms with van der Waals surface area (Å²) in [5, 5.41) is 40.8. The number of hydrogen-bond acceptors (Lipinski definition) is 8. The number of aliphatic hydroxyl groups is 4. The minimum atomic E-state index is -1.49. The molecule has 0 saturated carbocycles. The van der Waals surface area contributed by atoms with Gasteiger partial charge in [0.25, 0.3) is 0 Å². The van der Waals surface area contributed by atoms with E-state index in [0.29, 0.717) is 11.5 Å². The molecule has 1 aliphatic heterocycles. The first-order valence-electron chi connectivity index (χ1n) is 7.16. The largest absolute Gasteiger partial charge is 0.462 e. The van der Waals surface area contributed by atoms with Crippen molar-refractivity contribution in [3.05, 3.63) is 23.7 Å². The zero-order valence-corrected chi connectivity index (χ0v) is 12.6. The molecular formula is C14H21NO8. The van der Waals surface area contributed by atoms with Gasteiger partial charge in [-0.05, 0) is 12.1 Å². The fourth-order valence-electron chi connectivity index (χ4n) is 2.18. The predicted octanol–water partition coefficient (Wildman–Crippen LogP) is -1.77. The first-order chi connectivity index (χ1) is 10.9. The van der Waals surface area contributed by atoms with Gasteiger partial charge in [-0.25, -0.2) is 0 Å². The first kappa shape index (κ1) is 17.9. The highest BCUT2D eigenvalue weighted by Gasteiger charge is 2.44. The number of aliphatic hydroxyl groups excluding tert-OH is 4. The molecule has 0 spiro atoms. The average molecular weight is 331 g/mol. The lowest BCUT2D eigenvalue weighted by molar-refractivity contribution is -0.304. The van der Waals surface area contributed by atoms with Gasteiger partial charge in [0.1, 0.15) is 42.5 Å². The number of ether oxygens (including phenoxy) is 2. The number of rotatable bonds is 6. The van der Waals surface area contributed by atoms with E-state index in [2.05, 4.69) is 5.32 Å². The third-order valence-corrected chi connectivity index (χ3v) is 3.47. The molecule has 1 aromatic rings. The number of carbonyl (C=O) groups is 1. The normalized spacial score (nSPS) is 31.1. The maximum absolute atomic E-state index is 10.8. The lowest BCUT2D eigenvalue weighted by atomic mass is 9.99. The molecule has 0 radical (unpaired) electrons. The van der Waals surface area contributed by atoms with Crippen LogP contribution in [0.25, 0.3) is 0 Å². The Balaban J connectivity index is 1.88. The molecule has 23 heavy (non-hydrogen) atoms. The molecule has 1 amide bonds. The molecule has 5 N–H and O–H groups in total. The minimum absolute atomic E-state index is 0.0528. The molecular weight excluding hydrogens is 310 g/mol. The fraction of sp³-hybridized carbons (Fsp3) is 0.643. The zero-order chi connectivity index (χ0) is 17.0. The molecule has 5 atom stereocenters. The summed E-state index contributed by atoms with van der Waals surface area (Å²) in [6, 6.07) is 3.31. The summed E-state index contributed by atoms with van der Waals surface area (Å²) in [7, 11) is 0. The molecule has 130 valence electrons. The Labute approximate surface area is 132 Å². The van der Waals surface area contributed by atoms with Crippen molar-refractivity contribution in [2.75, 3.05) is 6.61 Å². The van der Waals surface area contributed by atoms with Crippen LogP contribution in [0.15, 0.2) is 16.5 Å². The Morgan fingerprint density at radius 1 is 1.22 bits per heavy atom. The molecule has 0 aliphatic carbocycles. The Morgan fingerprint density at radius 3 is 2.57 bits per heavy atom. The van der Waals surface area contributed by atoms with Crippen molar-refractivity contribution in [1.82, 2.24) is 5.32 Å². The third-order valence-electron chi connectivity index (χ3n) is 3.47. The summed E-state index contributed by atoms with van der Waals surface area (Å²) in [6.07, 6.45) is -6.61.